The number of esters is 2. The molecule has 1 saturated carbocycles. The van der Waals surface area contributed by atoms with Gasteiger partial charge in [0.05, 0.1) is 11.8 Å². The highest BCUT2D eigenvalue weighted by atomic mass is 16.5. The molecule has 0 saturated heterocycles. The fraction of sp³-hybridized carbons (Fsp3) is 0.250. The first-order valence-electron chi connectivity index (χ1n) is 12.9. The summed E-state index contributed by atoms with van der Waals surface area (Å²) >= 11 is 0. The Morgan fingerprint density at radius 2 is 1.18 bits per heavy atom. The molecule has 190 valence electrons. The second-order valence-electron chi connectivity index (χ2n) is 10.5. The zero-order valence-corrected chi connectivity index (χ0v) is 21.1. The molecule has 2 heterocycles. The number of hydrogen-bond acceptors (Lipinski definition) is 6. The maximum Gasteiger partial charge on any atom is 0.315 e. The molecule has 4 unspecified atom stereocenters. The summed E-state index contributed by atoms with van der Waals surface area (Å²) in [7, 11) is 0. The van der Waals surface area contributed by atoms with Crippen LogP contribution in [0, 0.1) is 18.8 Å². The van der Waals surface area contributed by atoms with E-state index in [4.69, 9.17) is 18.9 Å². The van der Waals surface area contributed by atoms with Crippen molar-refractivity contribution in [3.05, 3.63) is 101 Å². The molecular formula is C32H26O6. The molecule has 0 bridgehead atoms. The first kappa shape index (κ1) is 22.8. The van der Waals surface area contributed by atoms with E-state index in [0.717, 1.165) is 35.3 Å². The molecule has 0 spiro atoms. The summed E-state index contributed by atoms with van der Waals surface area (Å²) in [6.45, 7) is 4.12. The van der Waals surface area contributed by atoms with Gasteiger partial charge in [-0.3, -0.25) is 9.59 Å². The fourth-order valence-electron chi connectivity index (χ4n) is 6.05. The topological polar surface area (TPSA) is 71.1 Å². The summed E-state index contributed by atoms with van der Waals surface area (Å²) in [5.74, 6) is 1.53. The van der Waals surface area contributed by atoms with E-state index in [-0.39, 0.29) is 11.8 Å². The van der Waals surface area contributed by atoms with E-state index >= 15 is 0 Å². The third kappa shape index (κ3) is 3.71. The summed E-state index contributed by atoms with van der Waals surface area (Å²) in [6.07, 6.45) is 5.85. The van der Waals surface area contributed by atoms with Crippen molar-refractivity contribution in [1.29, 1.82) is 0 Å². The molecule has 1 fully saturated rings. The summed E-state index contributed by atoms with van der Waals surface area (Å²) in [4.78, 5) is 26.1. The zero-order chi connectivity index (χ0) is 26.0. The first-order chi connectivity index (χ1) is 18.4. The molecule has 0 amide bonds. The van der Waals surface area contributed by atoms with Crippen molar-refractivity contribution in [2.45, 2.75) is 38.5 Å². The van der Waals surface area contributed by atoms with Crippen LogP contribution in [-0.4, -0.2) is 11.9 Å². The highest BCUT2D eigenvalue weighted by Gasteiger charge is 2.64. The Hall–Kier alpha value is -4.32. The quantitative estimate of drug-likeness (QED) is 0.288. The average Bonchev–Trinajstić information content (AvgIpc) is 2.88. The highest BCUT2D eigenvalue weighted by Crippen LogP contribution is 2.65. The number of aryl methyl sites for hydroxylation is 1. The van der Waals surface area contributed by atoms with Gasteiger partial charge < -0.3 is 18.9 Å². The third-order valence-corrected chi connectivity index (χ3v) is 8.03. The lowest BCUT2D eigenvalue weighted by molar-refractivity contribution is -0.165. The predicted octanol–water partition coefficient (Wildman–Crippen LogP) is 6.74. The number of carbonyl (C=O) groups is 2. The molecule has 0 aromatic heterocycles. The molecule has 0 radical (unpaired) electrons. The zero-order valence-electron chi connectivity index (χ0n) is 21.1. The normalized spacial score (nSPS) is 24.7. The number of carbonyl (C=O) groups excluding carboxylic acids is 2. The van der Waals surface area contributed by atoms with E-state index in [2.05, 4.69) is 13.0 Å². The first-order valence-corrected chi connectivity index (χ1v) is 12.9. The SMILES string of the molecule is CC1=CC=C(Oc2ccc3c(c2)OC(=O)C2C4C(=O)Oc5cc(Oc6ccc(C)cc6)ccc5C4C32)CC1. The van der Waals surface area contributed by atoms with E-state index in [1.54, 1.807) is 12.1 Å². The Morgan fingerprint density at radius 1 is 0.632 bits per heavy atom. The number of ether oxygens (including phenoxy) is 4. The van der Waals surface area contributed by atoms with Crippen LogP contribution in [0.4, 0.5) is 0 Å². The monoisotopic (exact) mass is 506 g/mol. The lowest BCUT2D eigenvalue weighted by Gasteiger charge is -2.53. The van der Waals surface area contributed by atoms with Crippen molar-refractivity contribution in [3.63, 3.8) is 0 Å². The number of allylic oxidation sites excluding steroid dienone is 4. The van der Waals surface area contributed by atoms with Crippen LogP contribution in [0.5, 0.6) is 28.7 Å². The number of fused-ring (bicyclic) bond motifs is 8. The average molecular weight is 507 g/mol. The molecule has 3 aromatic carbocycles. The van der Waals surface area contributed by atoms with Gasteiger partial charge in [0, 0.05) is 30.4 Å². The molecule has 4 atom stereocenters. The van der Waals surface area contributed by atoms with Crippen LogP contribution in [0.15, 0.2) is 84.1 Å². The van der Waals surface area contributed by atoms with E-state index in [9.17, 15) is 9.59 Å². The van der Waals surface area contributed by atoms with E-state index in [1.165, 1.54) is 5.57 Å². The molecule has 6 heteroatoms. The van der Waals surface area contributed by atoms with Gasteiger partial charge in [0.1, 0.15) is 34.5 Å². The standard InChI is InChI=1S/C32H26O6/c1-17-3-7-19(8-4-17)35-21-11-13-23-25(15-21)37-31(33)29-27(23)28-24-14-12-22(16-26(24)38-32(34)30(28)29)36-20-9-5-18(2)6-10-20/h3-5,7-9,11-16,27-30H,6,10H2,1-2H3. The molecule has 2 aliphatic heterocycles. The minimum Gasteiger partial charge on any atom is -0.462 e. The molecular weight excluding hydrogens is 480 g/mol. The third-order valence-electron chi connectivity index (χ3n) is 8.03. The van der Waals surface area contributed by atoms with Crippen LogP contribution in [0.1, 0.15) is 48.3 Å². The molecule has 0 N–H and O–H groups in total. The van der Waals surface area contributed by atoms with Gasteiger partial charge >= 0.3 is 11.9 Å². The summed E-state index contributed by atoms with van der Waals surface area (Å²) in [5.41, 5.74) is 4.29. The lowest BCUT2D eigenvalue weighted by Crippen LogP contribution is -2.57. The number of benzene rings is 3. The van der Waals surface area contributed by atoms with E-state index in [0.29, 0.717) is 28.7 Å². The molecule has 4 aliphatic rings. The van der Waals surface area contributed by atoms with Crippen LogP contribution >= 0.6 is 0 Å². The molecule has 3 aromatic rings. The fourth-order valence-corrected chi connectivity index (χ4v) is 6.05. The van der Waals surface area contributed by atoms with Crippen molar-refractivity contribution in [2.75, 3.05) is 0 Å². The minimum atomic E-state index is -0.560. The Kier molecular flexibility index (Phi) is 5.18. The van der Waals surface area contributed by atoms with Crippen molar-refractivity contribution in [1.82, 2.24) is 0 Å². The Bertz CT molecular complexity index is 1550. The van der Waals surface area contributed by atoms with Crippen LogP contribution in [0.25, 0.3) is 0 Å². The summed E-state index contributed by atoms with van der Waals surface area (Å²) in [6, 6.07) is 19.0. The van der Waals surface area contributed by atoms with Crippen LogP contribution < -0.4 is 18.9 Å². The van der Waals surface area contributed by atoms with Crippen LogP contribution in [0.3, 0.4) is 0 Å². The largest absolute Gasteiger partial charge is 0.462 e. The molecule has 38 heavy (non-hydrogen) atoms. The summed E-state index contributed by atoms with van der Waals surface area (Å²) in [5, 5.41) is 0. The van der Waals surface area contributed by atoms with Gasteiger partial charge in [0.15, 0.2) is 0 Å². The van der Waals surface area contributed by atoms with E-state index in [1.807, 2.05) is 61.5 Å². The predicted molar refractivity (Wildman–Crippen MR) is 140 cm³/mol. The van der Waals surface area contributed by atoms with Gasteiger partial charge in [-0.25, -0.2) is 0 Å². The van der Waals surface area contributed by atoms with Gasteiger partial charge in [-0.1, -0.05) is 41.5 Å². The van der Waals surface area contributed by atoms with Gasteiger partial charge in [-0.2, -0.15) is 0 Å². The lowest BCUT2D eigenvalue weighted by atomic mass is 9.51. The second kappa shape index (κ2) is 8.62. The van der Waals surface area contributed by atoms with Crippen molar-refractivity contribution < 1.29 is 28.5 Å². The molecule has 2 aliphatic carbocycles. The number of hydrogen-bond donors (Lipinski definition) is 0. The number of rotatable bonds is 4. The Labute approximate surface area is 220 Å². The highest BCUT2D eigenvalue weighted by molar-refractivity contribution is 5.92. The maximum atomic E-state index is 13.0. The van der Waals surface area contributed by atoms with Gasteiger partial charge in [-0.05, 0) is 61.7 Å². The smallest absolute Gasteiger partial charge is 0.315 e. The van der Waals surface area contributed by atoms with Gasteiger partial charge in [0.25, 0.3) is 0 Å². The summed E-state index contributed by atoms with van der Waals surface area (Å²) < 4.78 is 23.5. The second-order valence-corrected chi connectivity index (χ2v) is 10.5. The molecule has 7 rings (SSSR count). The minimum absolute atomic E-state index is 0.166. The van der Waals surface area contributed by atoms with Crippen molar-refractivity contribution in [3.8, 4) is 28.7 Å². The maximum absolute atomic E-state index is 13.0. The van der Waals surface area contributed by atoms with Gasteiger partial charge in [-0.15, -0.1) is 0 Å². The Morgan fingerprint density at radius 3 is 1.74 bits per heavy atom. The van der Waals surface area contributed by atoms with Crippen LogP contribution in [0.2, 0.25) is 0 Å². The van der Waals surface area contributed by atoms with Crippen molar-refractivity contribution in [2.24, 2.45) is 11.8 Å². The molecule has 6 nitrogen and oxygen atoms in total. The Balaban J connectivity index is 1.19. The van der Waals surface area contributed by atoms with Crippen LogP contribution in [-0.2, 0) is 9.59 Å². The van der Waals surface area contributed by atoms with E-state index < -0.39 is 23.8 Å². The van der Waals surface area contributed by atoms with Crippen molar-refractivity contribution >= 4 is 11.9 Å². The van der Waals surface area contributed by atoms with Gasteiger partial charge in [0.2, 0.25) is 0 Å².